The first-order chi connectivity index (χ1) is 7.13. The molecule has 0 N–H and O–H groups in total. The van der Waals surface area contributed by atoms with Crippen molar-refractivity contribution in [3.05, 3.63) is 28.8 Å². The van der Waals surface area contributed by atoms with E-state index in [1.807, 2.05) is 19.9 Å². The summed E-state index contributed by atoms with van der Waals surface area (Å²) in [6.07, 6.45) is 1.80. The lowest BCUT2D eigenvalue weighted by Gasteiger charge is -2.15. The average molecular weight is 206 g/mol. The maximum Gasteiger partial charge on any atom is 0.127 e. The Hall–Kier alpha value is -1.31. The highest BCUT2D eigenvalue weighted by Crippen LogP contribution is 2.30. The van der Waals surface area contributed by atoms with Crippen molar-refractivity contribution in [1.82, 2.24) is 0 Å². The Morgan fingerprint density at radius 2 is 1.93 bits per heavy atom. The monoisotopic (exact) mass is 206 g/mol. The van der Waals surface area contributed by atoms with Crippen LogP contribution in [0.15, 0.2) is 12.1 Å². The van der Waals surface area contributed by atoms with E-state index in [4.69, 9.17) is 4.74 Å². The Morgan fingerprint density at radius 3 is 2.40 bits per heavy atom. The molecule has 1 unspecified atom stereocenters. The van der Waals surface area contributed by atoms with E-state index in [1.165, 1.54) is 11.1 Å². The fourth-order valence-electron chi connectivity index (χ4n) is 1.67. The lowest BCUT2D eigenvalue weighted by atomic mass is 9.93. The highest BCUT2D eigenvalue weighted by molar-refractivity contribution is 5.65. The van der Waals surface area contributed by atoms with E-state index >= 15 is 0 Å². The quantitative estimate of drug-likeness (QED) is 0.708. The van der Waals surface area contributed by atoms with E-state index in [-0.39, 0.29) is 5.92 Å². The molecule has 0 aromatic heterocycles. The van der Waals surface area contributed by atoms with E-state index in [2.05, 4.69) is 13.0 Å². The third-order valence-electron chi connectivity index (χ3n) is 2.85. The van der Waals surface area contributed by atoms with E-state index in [1.54, 1.807) is 7.11 Å². The van der Waals surface area contributed by atoms with Crippen molar-refractivity contribution in [1.29, 1.82) is 0 Å². The molecule has 0 aliphatic carbocycles. The molecular weight excluding hydrogens is 188 g/mol. The van der Waals surface area contributed by atoms with Gasteiger partial charge in [-0.25, -0.2) is 0 Å². The lowest BCUT2D eigenvalue weighted by molar-refractivity contribution is -0.109. The first kappa shape index (κ1) is 11.8. The van der Waals surface area contributed by atoms with Gasteiger partial charge in [-0.3, -0.25) is 0 Å². The third kappa shape index (κ3) is 2.38. The predicted molar refractivity (Wildman–Crippen MR) is 61.6 cm³/mol. The number of ether oxygens (including phenoxy) is 1. The summed E-state index contributed by atoms with van der Waals surface area (Å²) in [6, 6.07) is 4.05. The summed E-state index contributed by atoms with van der Waals surface area (Å²) in [5.74, 6) is 0.760. The van der Waals surface area contributed by atoms with Crippen LogP contribution >= 0.6 is 0 Å². The Morgan fingerprint density at radius 1 is 1.33 bits per heavy atom. The molecule has 0 aliphatic rings. The van der Waals surface area contributed by atoms with Crippen LogP contribution in [0.1, 0.15) is 36.0 Å². The van der Waals surface area contributed by atoms with E-state index < -0.39 is 0 Å². The number of rotatable bonds is 4. The zero-order chi connectivity index (χ0) is 11.4. The lowest BCUT2D eigenvalue weighted by Crippen LogP contribution is -2.03. The van der Waals surface area contributed by atoms with Crippen LogP contribution in [-0.2, 0) is 4.79 Å². The number of aldehydes is 1. The highest BCUT2D eigenvalue weighted by atomic mass is 16.5. The van der Waals surface area contributed by atoms with Crippen LogP contribution in [0.5, 0.6) is 5.75 Å². The molecule has 2 nitrogen and oxygen atoms in total. The van der Waals surface area contributed by atoms with Crippen molar-refractivity contribution in [2.75, 3.05) is 7.11 Å². The minimum absolute atomic E-state index is 0.0563. The van der Waals surface area contributed by atoms with Gasteiger partial charge in [0, 0.05) is 11.5 Å². The highest BCUT2D eigenvalue weighted by Gasteiger charge is 2.14. The van der Waals surface area contributed by atoms with Crippen LogP contribution in [0, 0.1) is 13.8 Å². The van der Waals surface area contributed by atoms with Crippen LogP contribution in [0.25, 0.3) is 0 Å². The Balaban J connectivity index is 3.25. The van der Waals surface area contributed by atoms with Gasteiger partial charge in [0.05, 0.1) is 7.11 Å². The van der Waals surface area contributed by atoms with Crippen LogP contribution in [-0.4, -0.2) is 13.4 Å². The topological polar surface area (TPSA) is 26.3 Å². The molecule has 15 heavy (non-hydrogen) atoms. The second-order valence-electron chi connectivity index (χ2n) is 3.83. The molecule has 0 heterocycles. The Kier molecular flexibility index (Phi) is 3.89. The maximum absolute atomic E-state index is 10.9. The molecule has 1 aromatic rings. The standard InChI is InChI=1S/C13H18O2/c1-5-11(8-14)12-6-9(2)10(3)7-13(12)15-4/h6-8,11H,5H2,1-4H3. The van der Waals surface area contributed by atoms with Gasteiger partial charge < -0.3 is 9.53 Å². The molecule has 82 valence electrons. The number of benzene rings is 1. The Bertz CT molecular complexity index is 356. The summed E-state index contributed by atoms with van der Waals surface area (Å²) in [5, 5.41) is 0. The number of carbonyl (C=O) groups is 1. The molecule has 0 amide bonds. The van der Waals surface area contributed by atoms with E-state index in [0.717, 1.165) is 24.0 Å². The molecular formula is C13H18O2. The first-order valence-corrected chi connectivity index (χ1v) is 5.24. The van der Waals surface area contributed by atoms with Gasteiger partial charge in [0.2, 0.25) is 0 Å². The van der Waals surface area contributed by atoms with Crippen molar-refractivity contribution in [3.8, 4) is 5.75 Å². The first-order valence-electron chi connectivity index (χ1n) is 5.24. The molecule has 0 radical (unpaired) electrons. The van der Waals surface area contributed by atoms with Gasteiger partial charge in [-0.2, -0.15) is 0 Å². The molecule has 2 heteroatoms. The van der Waals surface area contributed by atoms with Gasteiger partial charge in [0.1, 0.15) is 12.0 Å². The smallest absolute Gasteiger partial charge is 0.127 e. The number of methoxy groups -OCH3 is 1. The minimum atomic E-state index is -0.0563. The van der Waals surface area contributed by atoms with Gasteiger partial charge in [-0.05, 0) is 37.5 Å². The van der Waals surface area contributed by atoms with Crippen molar-refractivity contribution in [2.24, 2.45) is 0 Å². The second kappa shape index (κ2) is 4.96. The summed E-state index contributed by atoms with van der Waals surface area (Å²) in [6.45, 7) is 6.10. The predicted octanol–water partition coefficient (Wildman–Crippen LogP) is 3.00. The van der Waals surface area contributed by atoms with Gasteiger partial charge in [0.25, 0.3) is 0 Å². The summed E-state index contributed by atoms with van der Waals surface area (Å²) >= 11 is 0. The summed E-state index contributed by atoms with van der Waals surface area (Å²) in [7, 11) is 1.64. The zero-order valence-corrected chi connectivity index (χ0v) is 9.83. The molecule has 0 saturated carbocycles. The van der Waals surface area contributed by atoms with Crippen molar-refractivity contribution < 1.29 is 9.53 Å². The van der Waals surface area contributed by atoms with Crippen molar-refractivity contribution in [2.45, 2.75) is 33.1 Å². The number of hydrogen-bond acceptors (Lipinski definition) is 2. The SMILES string of the molecule is CCC(C=O)c1cc(C)c(C)cc1OC. The molecule has 1 rings (SSSR count). The number of aryl methyl sites for hydroxylation is 2. The number of carbonyl (C=O) groups excluding carboxylic acids is 1. The number of hydrogen-bond donors (Lipinski definition) is 0. The minimum Gasteiger partial charge on any atom is -0.496 e. The molecule has 0 fully saturated rings. The molecule has 0 bridgehead atoms. The van der Waals surface area contributed by atoms with Crippen molar-refractivity contribution in [3.63, 3.8) is 0 Å². The molecule has 1 atom stereocenters. The van der Waals surface area contributed by atoms with E-state index in [0.29, 0.717) is 0 Å². The molecule has 0 saturated heterocycles. The van der Waals surface area contributed by atoms with Crippen LogP contribution in [0.4, 0.5) is 0 Å². The maximum atomic E-state index is 10.9. The van der Waals surface area contributed by atoms with Crippen LogP contribution in [0.3, 0.4) is 0 Å². The zero-order valence-electron chi connectivity index (χ0n) is 9.83. The summed E-state index contributed by atoms with van der Waals surface area (Å²) in [4.78, 5) is 10.9. The van der Waals surface area contributed by atoms with Gasteiger partial charge >= 0.3 is 0 Å². The normalized spacial score (nSPS) is 12.3. The largest absolute Gasteiger partial charge is 0.496 e. The Labute approximate surface area is 91.3 Å². The van der Waals surface area contributed by atoms with Crippen LogP contribution < -0.4 is 4.74 Å². The van der Waals surface area contributed by atoms with Gasteiger partial charge in [-0.1, -0.05) is 13.0 Å². The third-order valence-corrected chi connectivity index (χ3v) is 2.85. The fraction of sp³-hybridized carbons (Fsp3) is 0.462. The van der Waals surface area contributed by atoms with E-state index in [9.17, 15) is 4.79 Å². The van der Waals surface area contributed by atoms with Crippen LogP contribution in [0.2, 0.25) is 0 Å². The fourth-order valence-corrected chi connectivity index (χ4v) is 1.67. The summed E-state index contributed by atoms with van der Waals surface area (Å²) < 4.78 is 5.31. The average Bonchev–Trinajstić information content (AvgIpc) is 2.24. The molecule has 0 spiro atoms. The van der Waals surface area contributed by atoms with Gasteiger partial charge in [-0.15, -0.1) is 0 Å². The molecule has 0 aliphatic heterocycles. The second-order valence-corrected chi connectivity index (χ2v) is 3.83. The van der Waals surface area contributed by atoms with Crippen molar-refractivity contribution >= 4 is 6.29 Å². The summed E-state index contributed by atoms with van der Waals surface area (Å²) in [5.41, 5.74) is 3.39. The van der Waals surface area contributed by atoms with Gasteiger partial charge in [0.15, 0.2) is 0 Å². The molecule has 1 aromatic carbocycles.